The molecule has 8 nitrogen and oxygen atoms in total. The van der Waals surface area contributed by atoms with E-state index in [1.807, 2.05) is 6.92 Å². The van der Waals surface area contributed by atoms with E-state index in [0.29, 0.717) is 42.9 Å². The lowest BCUT2D eigenvalue weighted by Gasteiger charge is -2.16. The lowest BCUT2D eigenvalue weighted by molar-refractivity contribution is -0.117. The Morgan fingerprint density at radius 3 is 2.87 bits per heavy atom. The molecule has 4 rings (SSSR count). The van der Waals surface area contributed by atoms with Crippen molar-refractivity contribution in [1.82, 2.24) is 16.2 Å². The quantitative estimate of drug-likeness (QED) is 0.313. The summed E-state index contributed by atoms with van der Waals surface area (Å²) in [5.74, 6) is 1.20. The Hall–Kier alpha value is -2.91. The van der Waals surface area contributed by atoms with Crippen LogP contribution in [0.1, 0.15) is 37.1 Å². The maximum Gasteiger partial charge on any atom is 0.331 e. The lowest BCUT2D eigenvalue weighted by atomic mass is 10.1. The van der Waals surface area contributed by atoms with Crippen molar-refractivity contribution in [3.8, 4) is 5.75 Å². The zero-order valence-corrected chi connectivity index (χ0v) is 16.7. The fourth-order valence-corrected chi connectivity index (χ4v) is 3.15. The van der Waals surface area contributed by atoms with Gasteiger partial charge in [-0.2, -0.15) is 0 Å². The van der Waals surface area contributed by atoms with Crippen LogP contribution in [0.2, 0.25) is 0 Å². The molecule has 1 atom stereocenters. The van der Waals surface area contributed by atoms with Crippen LogP contribution in [0, 0.1) is 11.7 Å². The van der Waals surface area contributed by atoms with E-state index < -0.39 is 6.03 Å². The Balaban J connectivity index is 1.23. The van der Waals surface area contributed by atoms with Gasteiger partial charge in [-0.1, -0.05) is 6.07 Å². The number of halogens is 1. The Bertz CT molecular complexity index is 927. The summed E-state index contributed by atoms with van der Waals surface area (Å²) < 4.78 is 25.2. The monoisotopic (exact) mass is 416 g/mol. The lowest BCUT2D eigenvalue weighted by Crippen LogP contribution is -2.35. The SMILES string of the molecule is CC(NNCCc1ccc(N2CC(=O)NC2=O)o1)c1ccc(F)c(OCC2CC2)c1. The van der Waals surface area contributed by atoms with E-state index in [0.717, 1.165) is 18.4 Å². The first-order valence-electron chi connectivity index (χ1n) is 10.1. The van der Waals surface area contributed by atoms with Crippen LogP contribution in [0.3, 0.4) is 0 Å². The number of carbonyl (C=O) groups excluding carboxylic acids is 2. The molecule has 2 aliphatic rings. The molecule has 1 aliphatic heterocycles. The van der Waals surface area contributed by atoms with Crippen LogP contribution in [0.5, 0.6) is 5.75 Å². The molecule has 2 aromatic rings. The molecule has 1 unspecified atom stereocenters. The number of furan rings is 1. The fourth-order valence-electron chi connectivity index (χ4n) is 3.15. The van der Waals surface area contributed by atoms with Crippen molar-refractivity contribution < 1.29 is 23.1 Å². The van der Waals surface area contributed by atoms with Crippen LogP contribution in [0.4, 0.5) is 15.1 Å². The zero-order chi connectivity index (χ0) is 21.1. The Labute approximate surface area is 173 Å². The summed E-state index contributed by atoms with van der Waals surface area (Å²) >= 11 is 0. The van der Waals surface area contributed by atoms with Gasteiger partial charge in [0, 0.05) is 25.1 Å². The summed E-state index contributed by atoms with van der Waals surface area (Å²) in [5.41, 5.74) is 7.22. The highest BCUT2D eigenvalue weighted by atomic mass is 19.1. The minimum absolute atomic E-state index is 0.0346. The third-order valence-corrected chi connectivity index (χ3v) is 5.15. The summed E-state index contributed by atoms with van der Waals surface area (Å²) in [5, 5.41) is 2.21. The van der Waals surface area contributed by atoms with E-state index in [4.69, 9.17) is 9.15 Å². The minimum atomic E-state index is -0.478. The number of anilines is 1. The standard InChI is InChI=1S/C21H25FN4O4/c1-13(15-4-6-17(22)18(10-15)29-12-14-2-3-14)25-23-9-8-16-5-7-20(30-16)26-11-19(27)24-21(26)28/h4-7,10,13-14,23,25H,2-3,8-9,11-12H2,1H3,(H,24,27,28). The third kappa shape index (κ3) is 4.98. The highest BCUT2D eigenvalue weighted by molar-refractivity contribution is 6.11. The normalized spacial score (nSPS) is 17.3. The summed E-state index contributed by atoms with van der Waals surface area (Å²) in [7, 11) is 0. The van der Waals surface area contributed by atoms with E-state index in [9.17, 15) is 14.0 Å². The van der Waals surface area contributed by atoms with Gasteiger partial charge in [-0.15, -0.1) is 0 Å². The molecule has 2 heterocycles. The number of imide groups is 1. The van der Waals surface area contributed by atoms with E-state index >= 15 is 0 Å². The van der Waals surface area contributed by atoms with Crippen LogP contribution < -0.4 is 25.8 Å². The van der Waals surface area contributed by atoms with Crippen molar-refractivity contribution in [2.24, 2.45) is 5.92 Å². The molecule has 0 spiro atoms. The molecular weight excluding hydrogens is 391 g/mol. The van der Waals surface area contributed by atoms with Crippen molar-refractivity contribution in [2.45, 2.75) is 32.2 Å². The molecule has 2 fully saturated rings. The molecular formula is C21H25FN4O4. The van der Waals surface area contributed by atoms with Crippen LogP contribution in [-0.2, 0) is 11.2 Å². The third-order valence-electron chi connectivity index (χ3n) is 5.15. The molecule has 1 saturated heterocycles. The molecule has 1 aromatic heterocycles. The van der Waals surface area contributed by atoms with Gasteiger partial charge in [0.1, 0.15) is 12.3 Å². The van der Waals surface area contributed by atoms with Crippen molar-refractivity contribution >= 4 is 17.8 Å². The predicted molar refractivity (Wildman–Crippen MR) is 107 cm³/mol. The molecule has 30 heavy (non-hydrogen) atoms. The summed E-state index contributed by atoms with van der Waals surface area (Å²) in [4.78, 5) is 24.2. The van der Waals surface area contributed by atoms with Crippen LogP contribution >= 0.6 is 0 Å². The van der Waals surface area contributed by atoms with E-state index in [2.05, 4.69) is 16.2 Å². The molecule has 1 aliphatic carbocycles. The second kappa shape index (κ2) is 8.85. The summed E-state index contributed by atoms with van der Waals surface area (Å²) in [6.07, 6.45) is 2.90. The average molecular weight is 416 g/mol. The first-order chi connectivity index (χ1) is 14.5. The van der Waals surface area contributed by atoms with Gasteiger partial charge in [-0.25, -0.2) is 9.18 Å². The molecule has 0 bridgehead atoms. The smallest absolute Gasteiger partial charge is 0.331 e. The Kier molecular flexibility index (Phi) is 6.01. The number of nitrogens with zero attached hydrogens (tertiary/aromatic N) is 1. The number of benzene rings is 1. The van der Waals surface area contributed by atoms with Crippen molar-refractivity contribution in [2.75, 3.05) is 24.6 Å². The van der Waals surface area contributed by atoms with Gasteiger partial charge in [-0.05, 0) is 49.4 Å². The first-order valence-corrected chi connectivity index (χ1v) is 10.1. The number of hydrogen-bond donors (Lipinski definition) is 3. The molecule has 0 radical (unpaired) electrons. The first kappa shape index (κ1) is 20.4. The van der Waals surface area contributed by atoms with E-state index in [1.54, 1.807) is 24.3 Å². The van der Waals surface area contributed by atoms with Crippen molar-refractivity contribution in [1.29, 1.82) is 0 Å². The predicted octanol–water partition coefficient (Wildman–Crippen LogP) is 2.66. The second-order valence-corrected chi connectivity index (χ2v) is 7.67. The molecule has 1 saturated carbocycles. The Morgan fingerprint density at radius 1 is 1.30 bits per heavy atom. The fraction of sp³-hybridized carbons (Fsp3) is 0.429. The van der Waals surface area contributed by atoms with Crippen LogP contribution in [0.15, 0.2) is 34.7 Å². The van der Waals surface area contributed by atoms with E-state index in [1.165, 1.54) is 11.0 Å². The number of ether oxygens (including phenoxy) is 1. The molecule has 3 amide bonds. The van der Waals surface area contributed by atoms with Gasteiger partial charge < -0.3 is 9.15 Å². The summed E-state index contributed by atoms with van der Waals surface area (Å²) in [6, 6.07) is 7.82. The Morgan fingerprint density at radius 2 is 2.13 bits per heavy atom. The maximum absolute atomic E-state index is 13.9. The van der Waals surface area contributed by atoms with Gasteiger partial charge in [-0.3, -0.25) is 25.9 Å². The summed E-state index contributed by atoms with van der Waals surface area (Å²) in [6.45, 7) is 3.08. The topological polar surface area (TPSA) is 95.8 Å². The van der Waals surface area contributed by atoms with Gasteiger partial charge in [0.15, 0.2) is 11.6 Å². The number of amides is 3. The van der Waals surface area contributed by atoms with Gasteiger partial charge in [0.25, 0.3) is 0 Å². The van der Waals surface area contributed by atoms with Gasteiger partial charge >= 0.3 is 6.03 Å². The number of rotatable bonds is 10. The minimum Gasteiger partial charge on any atom is -0.490 e. The number of carbonyl (C=O) groups is 2. The van der Waals surface area contributed by atoms with Crippen molar-refractivity contribution in [3.63, 3.8) is 0 Å². The number of nitrogens with one attached hydrogen (secondary N) is 3. The van der Waals surface area contributed by atoms with Gasteiger partial charge in [0.05, 0.1) is 6.61 Å². The average Bonchev–Trinajstić information content (AvgIpc) is 3.33. The van der Waals surface area contributed by atoms with E-state index in [-0.39, 0.29) is 24.3 Å². The van der Waals surface area contributed by atoms with Crippen LogP contribution in [-0.4, -0.2) is 31.6 Å². The second-order valence-electron chi connectivity index (χ2n) is 7.67. The molecule has 160 valence electrons. The van der Waals surface area contributed by atoms with Crippen molar-refractivity contribution in [3.05, 3.63) is 47.5 Å². The highest BCUT2D eigenvalue weighted by Crippen LogP contribution is 2.31. The number of hydrogen-bond acceptors (Lipinski definition) is 6. The molecule has 9 heteroatoms. The molecule has 1 aromatic carbocycles. The maximum atomic E-state index is 13.9. The largest absolute Gasteiger partial charge is 0.490 e. The van der Waals surface area contributed by atoms with Crippen LogP contribution in [0.25, 0.3) is 0 Å². The van der Waals surface area contributed by atoms with Gasteiger partial charge in [0.2, 0.25) is 11.8 Å². The number of hydrazine groups is 1. The molecule has 3 N–H and O–H groups in total. The number of urea groups is 1. The highest BCUT2D eigenvalue weighted by Gasteiger charge is 2.30. The zero-order valence-electron chi connectivity index (χ0n) is 16.7.